The first-order chi connectivity index (χ1) is 11.6. The normalized spacial score (nSPS) is 21.8. The van der Waals surface area contributed by atoms with E-state index in [0.717, 1.165) is 11.1 Å². The number of esters is 1. The second-order valence-electron chi connectivity index (χ2n) is 5.94. The molecule has 0 radical (unpaired) electrons. The van der Waals surface area contributed by atoms with Gasteiger partial charge in [0.25, 0.3) is 0 Å². The number of carbonyl (C=O) groups is 2. The van der Waals surface area contributed by atoms with Crippen LogP contribution >= 0.6 is 0 Å². The summed E-state index contributed by atoms with van der Waals surface area (Å²) in [5.74, 6) is -0.0924. The van der Waals surface area contributed by atoms with Gasteiger partial charge >= 0.3 is 5.97 Å². The molecular weight excluding hydrogens is 304 g/mol. The summed E-state index contributed by atoms with van der Waals surface area (Å²) in [7, 11) is 1.38. The highest BCUT2D eigenvalue weighted by Gasteiger charge is 2.27. The minimum Gasteiger partial charge on any atom is -0.489 e. The summed E-state index contributed by atoms with van der Waals surface area (Å²) in [6.07, 6.45) is 7.10. The Labute approximate surface area is 141 Å². The number of Topliss-reactive ketones (excluding diaryl/α,β-unsaturated/α-hetero) is 1. The van der Waals surface area contributed by atoms with E-state index in [1.54, 1.807) is 12.1 Å². The van der Waals surface area contributed by atoms with Crippen molar-refractivity contribution in [1.29, 1.82) is 0 Å². The molecule has 0 amide bonds. The second kappa shape index (κ2) is 6.87. The Morgan fingerprint density at radius 3 is 2.83 bits per heavy atom. The highest BCUT2D eigenvalue weighted by Crippen LogP contribution is 2.34. The predicted octanol–water partition coefficient (Wildman–Crippen LogP) is 3.64. The van der Waals surface area contributed by atoms with Crippen LogP contribution in [0, 0.1) is 5.92 Å². The van der Waals surface area contributed by atoms with Crippen molar-refractivity contribution < 1.29 is 19.1 Å². The highest BCUT2D eigenvalue weighted by atomic mass is 16.5. The second-order valence-corrected chi connectivity index (χ2v) is 5.94. The van der Waals surface area contributed by atoms with Crippen LogP contribution < -0.4 is 4.74 Å². The molecule has 1 aliphatic carbocycles. The van der Waals surface area contributed by atoms with Gasteiger partial charge in [-0.1, -0.05) is 25.1 Å². The maximum Gasteiger partial charge on any atom is 0.333 e. The van der Waals surface area contributed by atoms with Crippen LogP contribution in [-0.2, 0) is 9.53 Å². The fraction of sp³-hybridized carbons (Fsp3) is 0.300. The fourth-order valence-electron chi connectivity index (χ4n) is 3.14. The molecule has 1 unspecified atom stereocenters. The molecule has 3 rings (SSSR count). The number of ether oxygens (including phenoxy) is 2. The van der Waals surface area contributed by atoms with E-state index in [1.807, 2.05) is 37.3 Å². The zero-order valence-electron chi connectivity index (χ0n) is 13.9. The van der Waals surface area contributed by atoms with Gasteiger partial charge in [-0.15, -0.1) is 0 Å². The third kappa shape index (κ3) is 3.04. The van der Waals surface area contributed by atoms with E-state index in [1.165, 1.54) is 7.11 Å². The molecule has 0 bridgehead atoms. The first-order valence-corrected chi connectivity index (χ1v) is 8.06. The molecule has 0 fully saturated rings. The maximum atomic E-state index is 13.0. The summed E-state index contributed by atoms with van der Waals surface area (Å²) in [5.41, 5.74) is 3.16. The zero-order valence-corrected chi connectivity index (χ0v) is 13.9. The molecular formula is C20H20O4. The lowest BCUT2D eigenvalue weighted by molar-refractivity contribution is -0.136. The van der Waals surface area contributed by atoms with Crippen molar-refractivity contribution in [1.82, 2.24) is 0 Å². The van der Waals surface area contributed by atoms with Crippen molar-refractivity contribution in [2.75, 3.05) is 13.7 Å². The van der Waals surface area contributed by atoms with Crippen LogP contribution in [0.5, 0.6) is 5.75 Å². The van der Waals surface area contributed by atoms with E-state index in [-0.39, 0.29) is 17.7 Å². The molecule has 1 atom stereocenters. The number of rotatable bonds is 1. The molecule has 24 heavy (non-hydrogen) atoms. The van der Waals surface area contributed by atoms with Crippen LogP contribution in [0.4, 0.5) is 0 Å². The number of carbonyl (C=O) groups excluding carboxylic acids is 2. The molecule has 0 N–H and O–H groups in total. The molecule has 2 aliphatic rings. The smallest absolute Gasteiger partial charge is 0.333 e. The van der Waals surface area contributed by atoms with Crippen LogP contribution in [-0.4, -0.2) is 25.5 Å². The monoisotopic (exact) mass is 324 g/mol. The van der Waals surface area contributed by atoms with Gasteiger partial charge < -0.3 is 9.47 Å². The Hall–Kier alpha value is -2.62. The summed E-state index contributed by atoms with van der Waals surface area (Å²) in [4.78, 5) is 24.8. The van der Waals surface area contributed by atoms with E-state index in [4.69, 9.17) is 9.47 Å². The molecule has 1 heterocycles. The number of benzene rings is 1. The average molecular weight is 324 g/mol. The first kappa shape index (κ1) is 16.2. The molecule has 1 aromatic rings. The summed E-state index contributed by atoms with van der Waals surface area (Å²) >= 11 is 0. The molecule has 1 aromatic carbocycles. The maximum absolute atomic E-state index is 13.0. The van der Waals surface area contributed by atoms with Crippen molar-refractivity contribution in [3.63, 3.8) is 0 Å². The van der Waals surface area contributed by atoms with E-state index in [9.17, 15) is 9.59 Å². The molecule has 0 saturated heterocycles. The minimum atomic E-state index is -0.354. The largest absolute Gasteiger partial charge is 0.489 e. The van der Waals surface area contributed by atoms with E-state index in [0.29, 0.717) is 36.3 Å². The summed E-state index contributed by atoms with van der Waals surface area (Å²) < 4.78 is 10.6. The third-order valence-electron chi connectivity index (χ3n) is 4.48. The van der Waals surface area contributed by atoms with Gasteiger partial charge in [-0.3, -0.25) is 4.79 Å². The predicted molar refractivity (Wildman–Crippen MR) is 90.9 cm³/mol. The van der Waals surface area contributed by atoms with Crippen LogP contribution in [0.1, 0.15) is 30.1 Å². The lowest BCUT2D eigenvalue weighted by atomic mass is 9.82. The van der Waals surface area contributed by atoms with Crippen LogP contribution in [0.15, 0.2) is 59.2 Å². The van der Waals surface area contributed by atoms with Crippen LogP contribution in [0.25, 0.3) is 0 Å². The van der Waals surface area contributed by atoms with Gasteiger partial charge in [0, 0.05) is 11.5 Å². The number of allylic oxidation sites excluding steroid dienone is 4. The Morgan fingerprint density at radius 2 is 2.04 bits per heavy atom. The third-order valence-corrected chi connectivity index (χ3v) is 4.48. The number of fused-ring (bicyclic) bond motifs is 1. The summed E-state index contributed by atoms with van der Waals surface area (Å²) in [6, 6.07) is 7.28. The Morgan fingerprint density at radius 1 is 1.25 bits per heavy atom. The fourth-order valence-corrected chi connectivity index (χ4v) is 3.14. The van der Waals surface area contributed by atoms with E-state index >= 15 is 0 Å². The van der Waals surface area contributed by atoms with Crippen LogP contribution in [0.3, 0.4) is 0 Å². The molecule has 124 valence electrons. The molecule has 0 saturated carbocycles. The molecule has 0 spiro atoms. The van der Waals surface area contributed by atoms with Crippen molar-refractivity contribution in [2.45, 2.75) is 19.8 Å². The number of hydrogen-bond donors (Lipinski definition) is 0. The van der Waals surface area contributed by atoms with Gasteiger partial charge in [0.15, 0.2) is 5.78 Å². The van der Waals surface area contributed by atoms with Gasteiger partial charge in [0.1, 0.15) is 12.4 Å². The lowest BCUT2D eigenvalue weighted by Gasteiger charge is -2.23. The number of ketones is 1. The SMILES string of the molecule is COC(=O)C1=CC2=C(/C=C\COc3ccccc3C(=O)C2C)CC1. The molecule has 4 heteroatoms. The highest BCUT2D eigenvalue weighted by molar-refractivity contribution is 6.02. The first-order valence-electron chi connectivity index (χ1n) is 8.06. The topological polar surface area (TPSA) is 52.6 Å². The van der Waals surface area contributed by atoms with Crippen LogP contribution in [0.2, 0.25) is 0 Å². The van der Waals surface area contributed by atoms with Gasteiger partial charge in [0.2, 0.25) is 0 Å². The lowest BCUT2D eigenvalue weighted by Crippen LogP contribution is -2.19. The zero-order chi connectivity index (χ0) is 17.1. The van der Waals surface area contributed by atoms with Gasteiger partial charge in [-0.05, 0) is 48.3 Å². The summed E-state index contributed by atoms with van der Waals surface area (Å²) in [5, 5.41) is 0. The molecule has 0 aromatic heterocycles. The Kier molecular flexibility index (Phi) is 4.65. The van der Waals surface area contributed by atoms with Gasteiger partial charge in [-0.2, -0.15) is 0 Å². The summed E-state index contributed by atoms with van der Waals surface area (Å²) in [6.45, 7) is 2.28. The number of methoxy groups -OCH3 is 1. The van der Waals surface area contributed by atoms with Crippen molar-refractivity contribution in [3.8, 4) is 5.75 Å². The standard InChI is InChI=1S/C20H20O4/c1-13-17-12-15(20(22)23-2)10-9-14(17)6-5-11-24-18-8-4-3-7-16(18)19(13)21/h3-8,12-13H,9-11H2,1-2H3/b6-5-. The Balaban J connectivity index is 2.07. The molecule has 4 nitrogen and oxygen atoms in total. The van der Waals surface area contributed by atoms with Crippen molar-refractivity contribution >= 4 is 11.8 Å². The van der Waals surface area contributed by atoms with Crippen molar-refractivity contribution in [2.24, 2.45) is 5.92 Å². The Bertz CT molecular complexity index is 768. The minimum absolute atomic E-state index is 0.00392. The van der Waals surface area contributed by atoms with Gasteiger partial charge in [0.05, 0.1) is 12.7 Å². The number of hydrogen-bond acceptors (Lipinski definition) is 4. The van der Waals surface area contributed by atoms with E-state index < -0.39 is 0 Å². The number of para-hydroxylation sites is 1. The van der Waals surface area contributed by atoms with Gasteiger partial charge in [-0.25, -0.2) is 4.79 Å². The van der Waals surface area contributed by atoms with Crippen molar-refractivity contribution in [3.05, 3.63) is 64.8 Å². The average Bonchev–Trinajstić information content (AvgIpc) is 2.63. The van der Waals surface area contributed by atoms with E-state index in [2.05, 4.69) is 0 Å². The molecule has 1 aliphatic heterocycles. The quantitative estimate of drug-likeness (QED) is 0.740.